The summed E-state index contributed by atoms with van der Waals surface area (Å²) in [5, 5.41) is 0.253. The number of fused-ring (bicyclic) bond motifs is 2. The zero-order valence-electron chi connectivity index (χ0n) is 8.39. The molecule has 2 aliphatic rings. The van der Waals surface area contributed by atoms with Gasteiger partial charge in [0.1, 0.15) is 0 Å². The lowest BCUT2D eigenvalue weighted by molar-refractivity contribution is 0.0942. The Morgan fingerprint density at radius 2 is 2.06 bits per heavy atom. The number of rotatable bonds is 0. The Labute approximate surface area is 107 Å². The van der Waals surface area contributed by atoms with E-state index in [0.717, 1.165) is 14.9 Å². The lowest BCUT2D eigenvalue weighted by atomic mass is 9.90. The average Bonchev–Trinajstić information content (AvgIpc) is 2.31. The van der Waals surface area contributed by atoms with Gasteiger partial charge in [0.15, 0.2) is 5.78 Å². The van der Waals surface area contributed by atoms with E-state index in [-0.39, 0.29) is 17.0 Å². The van der Waals surface area contributed by atoms with Crippen LogP contribution in [0.25, 0.3) is 0 Å². The molecule has 0 aromatic heterocycles. The fraction of sp³-hybridized carbons (Fsp3) is 0.154. The predicted molar refractivity (Wildman–Crippen MR) is 70.1 cm³/mol. The third-order valence-electron chi connectivity index (χ3n) is 2.86. The summed E-state index contributed by atoms with van der Waals surface area (Å²) in [4.78, 5) is 13.4. The molecular weight excluding hydrogens is 284 g/mol. The van der Waals surface area contributed by atoms with Gasteiger partial charge in [-0.25, -0.2) is 0 Å². The van der Waals surface area contributed by atoms with Gasteiger partial charge in [-0.15, -0.1) is 11.8 Å². The van der Waals surface area contributed by atoms with Gasteiger partial charge in [0.25, 0.3) is 0 Å². The normalized spacial score (nSPS) is 27.1. The van der Waals surface area contributed by atoms with E-state index in [1.807, 2.05) is 36.4 Å². The minimum atomic E-state index is -0.0146. The number of Topliss-reactive ketones (excluding diaryl/α,β-unsaturated/α-hetero) is 1. The zero-order chi connectivity index (χ0) is 11.1. The molecule has 0 fully saturated rings. The van der Waals surface area contributed by atoms with Crippen molar-refractivity contribution in [3.63, 3.8) is 0 Å². The van der Waals surface area contributed by atoms with Crippen molar-refractivity contribution in [1.82, 2.24) is 0 Å². The fourth-order valence-electron chi connectivity index (χ4n) is 2.07. The van der Waals surface area contributed by atoms with Gasteiger partial charge >= 0.3 is 0 Å². The van der Waals surface area contributed by atoms with Crippen molar-refractivity contribution >= 4 is 33.5 Å². The molecule has 0 N–H and O–H groups in total. The summed E-state index contributed by atoms with van der Waals surface area (Å²) >= 11 is 5.20. The second kappa shape index (κ2) is 3.90. The number of ketones is 1. The minimum Gasteiger partial charge on any atom is -0.293 e. The van der Waals surface area contributed by atoms with Crippen molar-refractivity contribution in [1.29, 1.82) is 0 Å². The maximum absolute atomic E-state index is 12.3. The van der Waals surface area contributed by atoms with Crippen molar-refractivity contribution in [3.8, 4) is 0 Å². The van der Waals surface area contributed by atoms with Crippen LogP contribution in [-0.2, 0) is 0 Å². The summed E-state index contributed by atoms with van der Waals surface area (Å²) in [7, 11) is 0. The molecule has 1 aromatic rings. The van der Waals surface area contributed by atoms with E-state index in [2.05, 4.69) is 22.0 Å². The van der Waals surface area contributed by atoms with Crippen LogP contribution >= 0.6 is 27.7 Å². The molecule has 2 atom stereocenters. The average molecular weight is 293 g/mol. The van der Waals surface area contributed by atoms with Crippen molar-refractivity contribution in [2.45, 2.75) is 10.1 Å². The third-order valence-corrected chi connectivity index (χ3v) is 4.72. The summed E-state index contributed by atoms with van der Waals surface area (Å²) in [6.45, 7) is 0. The number of hydrogen-bond acceptors (Lipinski definition) is 2. The molecule has 3 heteroatoms. The first-order valence-electron chi connectivity index (χ1n) is 5.11. The first kappa shape index (κ1) is 10.4. The van der Waals surface area contributed by atoms with Crippen molar-refractivity contribution < 1.29 is 4.79 Å². The predicted octanol–water partition coefficient (Wildman–Crippen LogP) is 3.81. The van der Waals surface area contributed by atoms with E-state index < -0.39 is 0 Å². The number of allylic oxidation sites excluding steroid dienone is 3. The number of halogens is 1. The smallest absolute Gasteiger partial charge is 0.172 e. The molecule has 80 valence electrons. The minimum absolute atomic E-state index is 0.0146. The molecule has 1 heterocycles. The highest BCUT2D eigenvalue weighted by Crippen LogP contribution is 2.42. The Bertz CT molecular complexity index is 518. The van der Waals surface area contributed by atoms with E-state index in [4.69, 9.17) is 0 Å². The topological polar surface area (TPSA) is 17.1 Å². The van der Waals surface area contributed by atoms with E-state index in [9.17, 15) is 4.79 Å². The molecule has 1 aliphatic carbocycles. The van der Waals surface area contributed by atoms with Crippen LogP contribution in [0.15, 0.2) is 51.9 Å². The van der Waals surface area contributed by atoms with E-state index in [1.54, 1.807) is 11.8 Å². The van der Waals surface area contributed by atoms with Crippen LogP contribution in [0.1, 0.15) is 10.4 Å². The van der Waals surface area contributed by atoms with Gasteiger partial charge < -0.3 is 0 Å². The number of carbonyl (C=O) groups excluding carboxylic acids is 1. The van der Waals surface area contributed by atoms with Crippen LogP contribution in [-0.4, -0.2) is 11.0 Å². The Morgan fingerprint density at radius 3 is 2.94 bits per heavy atom. The molecule has 0 saturated heterocycles. The van der Waals surface area contributed by atoms with Gasteiger partial charge in [-0.3, -0.25) is 4.79 Å². The Hall–Kier alpha value is -0.800. The Morgan fingerprint density at radius 1 is 1.25 bits per heavy atom. The van der Waals surface area contributed by atoms with Crippen molar-refractivity contribution in [3.05, 3.63) is 52.5 Å². The maximum atomic E-state index is 12.3. The number of benzene rings is 1. The molecule has 1 aromatic carbocycles. The van der Waals surface area contributed by atoms with Gasteiger partial charge in [-0.05, 0) is 6.07 Å². The number of carbonyl (C=O) groups is 1. The molecule has 0 bridgehead atoms. The highest BCUT2D eigenvalue weighted by atomic mass is 79.9. The summed E-state index contributed by atoms with van der Waals surface area (Å²) in [5.41, 5.74) is 0.862. The SMILES string of the molecule is O=C1c2ccccc2SC2C=CC(Br)=CC12. The quantitative estimate of drug-likeness (QED) is 0.723. The van der Waals surface area contributed by atoms with Crippen molar-refractivity contribution in [2.75, 3.05) is 0 Å². The molecule has 0 amide bonds. The highest BCUT2D eigenvalue weighted by molar-refractivity contribution is 9.11. The second-order valence-electron chi connectivity index (χ2n) is 3.88. The Balaban J connectivity index is 2.09. The number of hydrogen-bond donors (Lipinski definition) is 0. The second-order valence-corrected chi connectivity index (χ2v) is 6.01. The summed E-state index contributed by atoms with van der Waals surface area (Å²) in [5.74, 6) is 0.222. The van der Waals surface area contributed by atoms with Crippen LogP contribution in [0.2, 0.25) is 0 Å². The summed E-state index contributed by atoms with van der Waals surface area (Å²) < 4.78 is 1.00. The fourth-order valence-corrected chi connectivity index (χ4v) is 3.75. The molecular formula is C13H9BrOS. The van der Waals surface area contributed by atoms with Crippen molar-refractivity contribution in [2.24, 2.45) is 5.92 Å². The van der Waals surface area contributed by atoms with Crippen LogP contribution < -0.4 is 0 Å². The van der Waals surface area contributed by atoms with Gasteiger partial charge in [0.2, 0.25) is 0 Å². The maximum Gasteiger partial charge on any atom is 0.172 e. The van der Waals surface area contributed by atoms with E-state index in [0.29, 0.717) is 0 Å². The monoisotopic (exact) mass is 292 g/mol. The van der Waals surface area contributed by atoms with Gasteiger partial charge in [-0.2, -0.15) is 0 Å². The molecule has 0 spiro atoms. The lowest BCUT2D eigenvalue weighted by Crippen LogP contribution is -2.29. The van der Waals surface area contributed by atoms with Crippen LogP contribution in [0.5, 0.6) is 0 Å². The van der Waals surface area contributed by atoms with E-state index >= 15 is 0 Å². The Kier molecular flexibility index (Phi) is 2.52. The van der Waals surface area contributed by atoms with Gasteiger partial charge in [0, 0.05) is 20.2 Å². The van der Waals surface area contributed by atoms with Gasteiger partial charge in [-0.1, -0.05) is 52.4 Å². The molecule has 1 aliphatic heterocycles. The lowest BCUT2D eigenvalue weighted by Gasteiger charge is -2.29. The molecule has 2 unspecified atom stereocenters. The molecule has 3 rings (SSSR count). The van der Waals surface area contributed by atoms with E-state index in [1.165, 1.54) is 0 Å². The summed E-state index contributed by atoms with van der Waals surface area (Å²) in [6.07, 6.45) is 6.14. The van der Waals surface area contributed by atoms with Gasteiger partial charge in [0.05, 0.1) is 5.92 Å². The van der Waals surface area contributed by atoms with Crippen LogP contribution in [0.4, 0.5) is 0 Å². The number of thioether (sulfide) groups is 1. The molecule has 16 heavy (non-hydrogen) atoms. The molecule has 1 nitrogen and oxygen atoms in total. The first-order chi connectivity index (χ1) is 7.75. The standard InChI is InChI=1S/C13H9BrOS/c14-8-5-6-12-10(7-8)13(15)9-3-1-2-4-11(9)16-12/h1-7,10,12H. The van der Waals surface area contributed by atoms with Crippen LogP contribution in [0, 0.1) is 5.92 Å². The zero-order valence-corrected chi connectivity index (χ0v) is 10.8. The third kappa shape index (κ3) is 1.59. The highest BCUT2D eigenvalue weighted by Gasteiger charge is 2.34. The molecule has 0 radical (unpaired) electrons. The van der Waals surface area contributed by atoms with Crippen LogP contribution in [0.3, 0.4) is 0 Å². The first-order valence-corrected chi connectivity index (χ1v) is 6.78. The largest absolute Gasteiger partial charge is 0.293 e. The molecule has 0 saturated carbocycles. The summed E-state index contributed by atoms with van der Waals surface area (Å²) in [6, 6.07) is 7.85.